The fourth-order valence-electron chi connectivity index (χ4n) is 1.08. The summed E-state index contributed by atoms with van der Waals surface area (Å²) in [4.78, 5) is 11.4. The Kier molecular flexibility index (Phi) is 3.94. The van der Waals surface area contributed by atoms with Crippen molar-refractivity contribution in [2.24, 2.45) is 0 Å². The average Bonchev–Trinajstić information content (AvgIpc) is 2.61. The Morgan fingerprint density at radius 3 is 2.81 bits per heavy atom. The van der Waals surface area contributed by atoms with Gasteiger partial charge in [0.2, 0.25) is 0 Å². The van der Waals surface area contributed by atoms with Crippen LogP contribution in [0.5, 0.6) is 0 Å². The molecule has 1 heterocycles. The number of esters is 1. The highest BCUT2D eigenvalue weighted by Crippen LogP contribution is 2.09. The second-order valence-corrected chi connectivity index (χ2v) is 4.01. The van der Waals surface area contributed by atoms with Crippen LogP contribution >= 0.6 is 0 Å². The van der Waals surface area contributed by atoms with Gasteiger partial charge < -0.3 is 9.84 Å². The number of aliphatic hydroxyl groups is 1. The van der Waals surface area contributed by atoms with Gasteiger partial charge in [-0.25, -0.2) is 9.48 Å². The summed E-state index contributed by atoms with van der Waals surface area (Å²) in [5.74, 6) is -0.491. The number of tetrazole rings is 1. The molecule has 90 valence electrons. The molecule has 1 N–H and O–H groups in total. The number of aryl methyl sites for hydroxylation is 1. The van der Waals surface area contributed by atoms with E-state index in [1.807, 2.05) is 0 Å². The lowest BCUT2D eigenvalue weighted by atomic mass is 10.1. The first-order chi connectivity index (χ1) is 7.44. The first kappa shape index (κ1) is 12.6. The minimum atomic E-state index is -0.822. The highest BCUT2D eigenvalue weighted by atomic mass is 16.5. The summed E-state index contributed by atoms with van der Waals surface area (Å²) in [6.45, 7) is 5.72. The van der Waals surface area contributed by atoms with Crippen LogP contribution in [-0.4, -0.2) is 43.5 Å². The first-order valence-electron chi connectivity index (χ1n) is 5.09. The van der Waals surface area contributed by atoms with E-state index in [2.05, 4.69) is 15.5 Å². The normalized spacial score (nSPS) is 11.5. The van der Waals surface area contributed by atoms with Crippen LogP contribution in [0.25, 0.3) is 0 Å². The van der Waals surface area contributed by atoms with E-state index in [-0.39, 0.29) is 12.4 Å². The Bertz CT molecular complexity index is 356. The zero-order valence-electron chi connectivity index (χ0n) is 9.67. The monoisotopic (exact) mass is 228 g/mol. The van der Waals surface area contributed by atoms with E-state index in [9.17, 15) is 9.90 Å². The Hall–Kier alpha value is -1.50. The standard InChI is InChI=1S/C9H16N4O3/c1-4-16-8(14)7-10-11-12-13(7)6-5-9(2,3)15/h15H,4-6H2,1-3H3. The fourth-order valence-corrected chi connectivity index (χ4v) is 1.08. The lowest BCUT2D eigenvalue weighted by Crippen LogP contribution is -2.23. The molecule has 0 aliphatic carbocycles. The number of hydrogen-bond donors (Lipinski definition) is 1. The van der Waals surface area contributed by atoms with Crippen LogP contribution in [0, 0.1) is 0 Å². The van der Waals surface area contributed by atoms with Crippen molar-refractivity contribution >= 4 is 5.97 Å². The van der Waals surface area contributed by atoms with Crippen molar-refractivity contribution in [3.8, 4) is 0 Å². The molecular formula is C9H16N4O3. The summed E-state index contributed by atoms with van der Waals surface area (Å²) >= 11 is 0. The van der Waals surface area contributed by atoms with Gasteiger partial charge in [0.05, 0.1) is 12.2 Å². The molecule has 7 nitrogen and oxygen atoms in total. The Morgan fingerprint density at radius 1 is 1.56 bits per heavy atom. The number of carbonyl (C=O) groups excluding carboxylic acids is 1. The van der Waals surface area contributed by atoms with E-state index in [0.717, 1.165) is 0 Å². The van der Waals surface area contributed by atoms with Gasteiger partial charge in [0.15, 0.2) is 0 Å². The molecule has 7 heteroatoms. The molecule has 0 bridgehead atoms. The van der Waals surface area contributed by atoms with E-state index in [1.165, 1.54) is 4.68 Å². The van der Waals surface area contributed by atoms with E-state index < -0.39 is 11.6 Å². The molecule has 0 amide bonds. The van der Waals surface area contributed by atoms with Crippen LogP contribution in [-0.2, 0) is 11.3 Å². The molecule has 0 aliphatic rings. The van der Waals surface area contributed by atoms with Gasteiger partial charge in [0, 0.05) is 6.54 Å². The Morgan fingerprint density at radius 2 is 2.25 bits per heavy atom. The molecule has 0 atom stereocenters. The van der Waals surface area contributed by atoms with E-state index in [1.54, 1.807) is 20.8 Å². The van der Waals surface area contributed by atoms with E-state index in [4.69, 9.17) is 4.74 Å². The third-order valence-electron chi connectivity index (χ3n) is 1.93. The number of ether oxygens (including phenoxy) is 1. The molecule has 0 saturated carbocycles. The second-order valence-electron chi connectivity index (χ2n) is 4.01. The fraction of sp³-hybridized carbons (Fsp3) is 0.778. The lowest BCUT2D eigenvalue weighted by Gasteiger charge is -2.16. The zero-order chi connectivity index (χ0) is 12.2. The van der Waals surface area contributed by atoms with Crippen molar-refractivity contribution in [1.29, 1.82) is 0 Å². The van der Waals surface area contributed by atoms with Crippen molar-refractivity contribution in [1.82, 2.24) is 20.2 Å². The Labute approximate surface area is 93.4 Å². The van der Waals surface area contributed by atoms with Gasteiger partial charge in [-0.3, -0.25) is 0 Å². The van der Waals surface area contributed by atoms with Crippen LogP contribution < -0.4 is 0 Å². The summed E-state index contributed by atoms with van der Waals surface area (Å²) < 4.78 is 6.12. The maximum Gasteiger partial charge on any atom is 0.378 e. The SMILES string of the molecule is CCOC(=O)c1nnnn1CCC(C)(C)O. The van der Waals surface area contributed by atoms with Crippen molar-refractivity contribution in [3.05, 3.63) is 5.82 Å². The molecule has 0 saturated heterocycles. The van der Waals surface area contributed by atoms with Gasteiger partial charge >= 0.3 is 5.97 Å². The summed E-state index contributed by atoms with van der Waals surface area (Å²) in [5, 5.41) is 20.2. The summed E-state index contributed by atoms with van der Waals surface area (Å²) in [5.41, 5.74) is -0.822. The van der Waals surface area contributed by atoms with Gasteiger partial charge in [0.1, 0.15) is 0 Å². The topological polar surface area (TPSA) is 90.1 Å². The van der Waals surface area contributed by atoms with Gasteiger partial charge in [-0.05, 0) is 37.6 Å². The van der Waals surface area contributed by atoms with Crippen LogP contribution in [0.1, 0.15) is 37.8 Å². The maximum atomic E-state index is 11.4. The van der Waals surface area contributed by atoms with E-state index in [0.29, 0.717) is 13.0 Å². The molecule has 0 spiro atoms. The van der Waals surface area contributed by atoms with Crippen molar-refractivity contribution in [3.63, 3.8) is 0 Å². The molecule has 1 aromatic heterocycles. The predicted molar refractivity (Wildman–Crippen MR) is 54.7 cm³/mol. The predicted octanol–water partition coefficient (Wildman–Crippen LogP) is 0.0108. The van der Waals surface area contributed by atoms with Gasteiger partial charge in [-0.2, -0.15) is 0 Å². The smallest absolute Gasteiger partial charge is 0.378 e. The highest BCUT2D eigenvalue weighted by molar-refractivity contribution is 5.85. The minimum absolute atomic E-state index is 0.0612. The molecule has 1 rings (SSSR count). The Balaban J connectivity index is 2.67. The number of carbonyl (C=O) groups is 1. The molecule has 16 heavy (non-hydrogen) atoms. The molecule has 0 aromatic carbocycles. The third-order valence-corrected chi connectivity index (χ3v) is 1.93. The summed E-state index contributed by atoms with van der Waals surface area (Å²) in [6.07, 6.45) is 0.449. The quantitative estimate of drug-likeness (QED) is 0.714. The maximum absolute atomic E-state index is 11.4. The zero-order valence-corrected chi connectivity index (χ0v) is 9.67. The highest BCUT2D eigenvalue weighted by Gasteiger charge is 2.19. The second kappa shape index (κ2) is 5.02. The molecular weight excluding hydrogens is 212 g/mol. The average molecular weight is 228 g/mol. The number of rotatable bonds is 5. The first-order valence-corrected chi connectivity index (χ1v) is 5.09. The molecule has 0 fully saturated rings. The van der Waals surface area contributed by atoms with Crippen LogP contribution in [0.3, 0.4) is 0 Å². The van der Waals surface area contributed by atoms with Crippen LogP contribution in [0.2, 0.25) is 0 Å². The number of hydrogen-bond acceptors (Lipinski definition) is 6. The minimum Gasteiger partial charge on any atom is -0.460 e. The van der Waals surface area contributed by atoms with Gasteiger partial charge in [-0.1, -0.05) is 0 Å². The largest absolute Gasteiger partial charge is 0.460 e. The molecule has 0 aliphatic heterocycles. The van der Waals surface area contributed by atoms with Crippen molar-refractivity contribution in [2.45, 2.75) is 39.3 Å². The van der Waals surface area contributed by atoms with Gasteiger partial charge in [0.25, 0.3) is 5.82 Å². The number of nitrogens with zero attached hydrogens (tertiary/aromatic N) is 4. The summed E-state index contributed by atoms with van der Waals surface area (Å²) in [6, 6.07) is 0. The van der Waals surface area contributed by atoms with Gasteiger partial charge in [-0.15, -0.1) is 5.10 Å². The van der Waals surface area contributed by atoms with Crippen molar-refractivity contribution in [2.75, 3.05) is 6.61 Å². The summed E-state index contributed by atoms with van der Waals surface area (Å²) in [7, 11) is 0. The van der Waals surface area contributed by atoms with Crippen LogP contribution in [0.15, 0.2) is 0 Å². The lowest BCUT2D eigenvalue weighted by molar-refractivity contribution is 0.0484. The molecule has 1 aromatic rings. The van der Waals surface area contributed by atoms with Crippen molar-refractivity contribution < 1.29 is 14.6 Å². The van der Waals surface area contributed by atoms with Crippen LogP contribution in [0.4, 0.5) is 0 Å². The molecule has 0 radical (unpaired) electrons. The number of aromatic nitrogens is 4. The van der Waals surface area contributed by atoms with E-state index >= 15 is 0 Å². The third kappa shape index (κ3) is 3.58. The molecule has 0 unspecified atom stereocenters.